The summed E-state index contributed by atoms with van der Waals surface area (Å²) in [6, 6.07) is 15.3. The number of sulfonamides is 1. The minimum absolute atomic E-state index is 0.109. The molecule has 3 aromatic rings. The first kappa shape index (κ1) is 18.7. The van der Waals surface area contributed by atoms with E-state index in [9.17, 15) is 8.42 Å². The number of nitrogens with zero attached hydrogens (tertiary/aromatic N) is 1. The number of hydrogen-bond acceptors (Lipinski definition) is 5. The molecule has 0 spiro atoms. The van der Waals surface area contributed by atoms with Gasteiger partial charge in [-0.2, -0.15) is 0 Å². The van der Waals surface area contributed by atoms with Crippen LogP contribution in [0.15, 0.2) is 65.7 Å². The van der Waals surface area contributed by atoms with Gasteiger partial charge in [0, 0.05) is 12.1 Å². The van der Waals surface area contributed by atoms with E-state index in [2.05, 4.69) is 9.71 Å². The quantitative estimate of drug-likeness (QED) is 0.686. The number of rotatable bonds is 6. The van der Waals surface area contributed by atoms with Crippen molar-refractivity contribution in [1.29, 1.82) is 0 Å². The van der Waals surface area contributed by atoms with Crippen molar-refractivity contribution in [2.75, 3.05) is 11.8 Å². The Morgan fingerprint density at radius 3 is 2.30 bits per heavy atom. The van der Waals surface area contributed by atoms with E-state index in [1.807, 2.05) is 32.0 Å². The van der Waals surface area contributed by atoms with Crippen molar-refractivity contribution >= 4 is 15.7 Å². The van der Waals surface area contributed by atoms with E-state index in [0.29, 0.717) is 17.3 Å². The Morgan fingerprint density at radius 1 is 0.963 bits per heavy atom. The van der Waals surface area contributed by atoms with Gasteiger partial charge in [0.15, 0.2) is 0 Å². The summed E-state index contributed by atoms with van der Waals surface area (Å²) in [5, 5.41) is 0. The number of para-hydroxylation sites is 1. The lowest BCUT2D eigenvalue weighted by atomic mass is 10.1. The molecular formula is C20H20N2O4S. The fourth-order valence-corrected chi connectivity index (χ4v) is 3.63. The van der Waals surface area contributed by atoms with Crippen LogP contribution < -0.4 is 14.2 Å². The zero-order valence-corrected chi connectivity index (χ0v) is 16.1. The summed E-state index contributed by atoms with van der Waals surface area (Å²) in [5.41, 5.74) is 2.34. The van der Waals surface area contributed by atoms with Crippen LogP contribution in [0.1, 0.15) is 11.1 Å². The molecule has 2 aromatic carbocycles. The smallest absolute Gasteiger partial charge is 0.262 e. The van der Waals surface area contributed by atoms with Crippen LogP contribution in [-0.4, -0.2) is 20.5 Å². The predicted octanol–water partition coefficient (Wildman–Crippen LogP) is 4.30. The van der Waals surface area contributed by atoms with E-state index >= 15 is 0 Å². The van der Waals surface area contributed by atoms with Crippen molar-refractivity contribution in [3.05, 3.63) is 71.9 Å². The molecule has 1 N–H and O–H groups in total. The van der Waals surface area contributed by atoms with E-state index in [0.717, 1.165) is 16.9 Å². The number of aryl methyl sites for hydroxylation is 2. The number of pyridine rings is 1. The summed E-state index contributed by atoms with van der Waals surface area (Å²) in [6.45, 7) is 3.91. The average molecular weight is 384 g/mol. The monoisotopic (exact) mass is 384 g/mol. The zero-order valence-electron chi connectivity index (χ0n) is 15.3. The van der Waals surface area contributed by atoms with Crippen LogP contribution in [0, 0.1) is 13.8 Å². The highest BCUT2D eigenvalue weighted by Gasteiger charge is 2.15. The maximum atomic E-state index is 12.5. The molecule has 0 amide bonds. The molecule has 0 aliphatic carbocycles. The molecule has 0 bridgehead atoms. The van der Waals surface area contributed by atoms with Crippen molar-refractivity contribution in [2.45, 2.75) is 18.7 Å². The number of aromatic nitrogens is 1. The molecule has 0 saturated heterocycles. The summed E-state index contributed by atoms with van der Waals surface area (Å²) < 4.78 is 38.4. The van der Waals surface area contributed by atoms with Crippen LogP contribution in [0.25, 0.3) is 0 Å². The normalized spacial score (nSPS) is 11.1. The number of methoxy groups -OCH3 is 1. The van der Waals surface area contributed by atoms with Crippen LogP contribution >= 0.6 is 0 Å². The van der Waals surface area contributed by atoms with Crippen LogP contribution in [-0.2, 0) is 10.0 Å². The first-order valence-corrected chi connectivity index (χ1v) is 9.74. The van der Waals surface area contributed by atoms with E-state index in [-0.39, 0.29) is 4.90 Å². The lowest BCUT2D eigenvalue weighted by Crippen LogP contribution is -2.13. The number of benzene rings is 2. The van der Waals surface area contributed by atoms with Gasteiger partial charge in [0.1, 0.15) is 11.5 Å². The van der Waals surface area contributed by atoms with Crippen LogP contribution in [0.3, 0.4) is 0 Å². The summed E-state index contributed by atoms with van der Waals surface area (Å²) >= 11 is 0. The molecule has 6 nitrogen and oxygen atoms in total. The summed E-state index contributed by atoms with van der Waals surface area (Å²) in [5.74, 6) is 1.60. The molecule has 1 aromatic heterocycles. The third-order valence-corrected chi connectivity index (χ3v) is 5.33. The molecule has 0 aliphatic heterocycles. The third kappa shape index (κ3) is 4.38. The van der Waals surface area contributed by atoms with E-state index in [1.165, 1.54) is 25.4 Å². The van der Waals surface area contributed by atoms with Crippen molar-refractivity contribution in [1.82, 2.24) is 4.98 Å². The first-order chi connectivity index (χ1) is 12.9. The summed E-state index contributed by atoms with van der Waals surface area (Å²) in [6.07, 6.45) is 1.42. The number of ether oxygens (including phenoxy) is 2. The van der Waals surface area contributed by atoms with E-state index in [4.69, 9.17) is 9.47 Å². The number of nitrogens with one attached hydrogen (secondary N) is 1. The summed E-state index contributed by atoms with van der Waals surface area (Å²) in [7, 11) is -2.26. The van der Waals surface area contributed by atoms with Gasteiger partial charge in [0.2, 0.25) is 5.88 Å². The van der Waals surface area contributed by atoms with E-state index < -0.39 is 10.0 Å². The van der Waals surface area contributed by atoms with Crippen molar-refractivity contribution in [3.8, 4) is 17.4 Å². The molecule has 0 saturated carbocycles. The fourth-order valence-electron chi connectivity index (χ4n) is 2.55. The van der Waals surface area contributed by atoms with Gasteiger partial charge in [0.25, 0.3) is 10.0 Å². The fraction of sp³-hybridized carbons (Fsp3) is 0.150. The number of hydrogen-bond donors (Lipinski definition) is 1. The van der Waals surface area contributed by atoms with Crippen LogP contribution in [0.2, 0.25) is 0 Å². The lowest BCUT2D eigenvalue weighted by molar-refractivity contribution is 0.413. The molecule has 0 unspecified atom stereocenters. The van der Waals surface area contributed by atoms with Gasteiger partial charge in [-0.05, 0) is 43.2 Å². The third-order valence-electron chi connectivity index (χ3n) is 3.96. The zero-order chi connectivity index (χ0) is 19.4. The molecule has 7 heteroatoms. The van der Waals surface area contributed by atoms with Gasteiger partial charge in [-0.1, -0.05) is 24.3 Å². The van der Waals surface area contributed by atoms with Gasteiger partial charge in [0.05, 0.1) is 23.9 Å². The Labute approximate surface area is 158 Å². The second kappa shape index (κ2) is 7.67. The molecule has 1 heterocycles. The van der Waals surface area contributed by atoms with Crippen LogP contribution in [0.4, 0.5) is 5.69 Å². The SMILES string of the molecule is COc1cccc(S(=O)(=O)Nc2ccc(Oc3c(C)cccc3C)nc2)c1. The Kier molecular flexibility index (Phi) is 5.32. The standard InChI is InChI=1S/C20H20N2O4S/c1-14-6-4-7-15(2)20(14)26-19-11-10-16(13-21-19)22-27(23,24)18-9-5-8-17(12-18)25-3/h4-13,22H,1-3H3. The van der Waals surface area contributed by atoms with Gasteiger partial charge in [-0.3, -0.25) is 4.72 Å². The average Bonchev–Trinajstić information content (AvgIpc) is 2.66. The minimum atomic E-state index is -3.74. The molecule has 0 radical (unpaired) electrons. The lowest BCUT2D eigenvalue weighted by Gasteiger charge is -2.12. The number of anilines is 1. The predicted molar refractivity (Wildman–Crippen MR) is 104 cm³/mol. The molecule has 0 aliphatic rings. The maximum Gasteiger partial charge on any atom is 0.262 e. The topological polar surface area (TPSA) is 77.5 Å². The minimum Gasteiger partial charge on any atom is -0.497 e. The Morgan fingerprint density at radius 2 is 1.67 bits per heavy atom. The Bertz CT molecular complexity index is 1030. The largest absolute Gasteiger partial charge is 0.497 e. The van der Waals surface area contributed by atoms with Crippen molar-refractivity contribution in [3.63, 3.8) is 0 Å². The van der Waals surface area contributed by atoms with Crippen LogP contribution in [0.5, 0.6) is 17.4 Å². The highest BCUT2D eigenvalue weighted by Crippen LogP contribution is 2.28. The maximum absolute atomic E-state index is 12.5. The second-order valence-electron chi connectivity index (χ2n) is 5.99. The Hall–Kier alpha value is -3.06. The second-order valence-corrected chi connectivity index (χ2v) is 7.67. The van der Waals surface area contributed by atoms with Gasteiger partial charge >= 0.3 is 0 Å². The molecular weight excluding hydrogens is 364 g/mol. The van der Waals surface area contributed by atoms with Gasteiger partial charge < -0.3 is 9.47 Å². The first-order valence-electron chi connectivity index (χ1n) is 8.26. The highest BCUT2D eigenvalue weighted by atomic mass is 32.2. The van der Waals surface area contributed by atoms with Crippen molar-refractivity contribution in [2.24, 2.45) is 0 Å². The van der Waals surface area contributed by atoms with Gasteiger partial charge in [-0.25, -0.2) is 13.4 Å². The molecule has 0 fully saturated rings. The molecule has 0 atom stereocenters. The molecule has 140 valence electrons. The highest BCUT2D eigenvalue weighted by molar-refractivity contribution is 7.92. The molecule has 27 heavy (non-hydrogen) atoms. The van der Waals surface area contributed by atoms with Gasteiger partial charge in [-0.15, -0.1) is 0 Å². The molecule has 3 rings (SSSR count). The van der Waals surface area contributed by atoms with Crippen molar-refractivity contribution < 1.29 is 17.9 Å². The van der Waals surface area contributed by atoms with E-state index in [1.54, 1.807) is 24.3 Å². The summed E-state index contributed by atoms with van der Waals surface area (Å²) in [4.78, 5) is 4.30. The Balaban J connectivity index is 1.77.